The van der Waals surface area contributed by atoms with Crippen molar-refractivity contribution in [3.63, 3.8) is 0 Å². The first kappa shape index (κ1) is 12.8. The van der Waals surface area contributed by atoms with Crippen LogP contribution in [-0.2, 0) is 6.54 Å². The summed E-state index contributed by atoms with van der Waals surface area (Å²) in [6.45, 7) is 2.91. The lowest BCUT2D eigenvalue weighted by atomic mass is 10.2. The summed E-state index contributed by atoms with van der Waals surface area (Å²) in [5.41, 5.74) is 1.33. The first-order valence-electron chi connectivity index (χ1n) is 5.25. The monoisotopic (exact) mass is 245 g/mol. The van der Waals surface area contributed by atoms with E-state index >= 15 is 0 Å². The summed E-state index contributed by atoms with van der Waals surface area (Å²) in [5.74, 6) is 1.39. The van der Waals surface area contributed by atoms with Crippen LogP contribution in [0, 0.1) is 0 Å². The van der Waals surface area contributed by atoms with E-state index in [9.17, 15) is 0 Å². The fourth-order valence-corrected chi connectivity index (χ4v) is 1.87. The first-order valence-corrected chi connectivity index (χ1v) is 6.32. The summed E-state index contributed by atoms with van der Waals surface area (Å²) in [6, 6.07) is 10.4. The minimum atomic E-state index is 0.676. The van der Waals surface area contributed by atoms with Gasteiger partial charge in [-0.2, -0.15) is 0 Å². The standard InChI is InChI=1S/C12H17Cl2N/c13-7-4-9-15(10-8-14)11-12-5-2-1-3-6-12/h1-3,5-6H,4,7-11H2. The molecule has 0 aromatic heterocycles. The van der Waals surface area contributed by atoms with Crippen LogP contribution in [0.1, 0.15) is 12.0 Å². The SMILES string of the molecule is ClCCCN(CCCl)Cc1ccccc1. The first-order chi connectivity index (χ1) is 7.36. The minimum absolute atomic E-state index is 0.676. The van der Waals surface area contributed by atoms with Crippen molar-refractivity contribution in [3.8, 4) is 0 Å². The Bertz CT molecular complexity index is 251. The van der Waals surface area contributed by atoms with Gasteiger partial charge in [-0.05, 0) is 18.5 Å². The van der Waals surface area contributed by atoms with Gasteiger partial charge in [0.2, 0.25) is 0 Å². The van der Waals surface area contributed by atoms with E-state index in [1.807, 2.05) is 6.07 Å². The van der Waals surface area contributed by atoms with E-state index in [-0.39, 0.29) is 0 Å². The van der Waals surface area contributed by atoms with Gasteiger partial charge in [0.25, 0.3) is 0 Å². The zero-order valence-electron chi connectivity index (χ0n) is 8.83. The van der Waals surface area contributed by atoms with Crippen molar-refractivity contribution in [1.29, 1.82) is 0 Å². The van der Waals surface area contributed by atoms with Crippen LogP contribution in [0.15, 0.2) is 30.3 Å². The Balaban J connectivity index is 2.43. The molecule has 0 amide bonds. The highest BCUT2D eigenvalue weighted by Gasteiger charge is 2.04. The van der Waals surface area contributed by atoms with Crippen molar-refractivity contribution in [2.45, 2.75) is 13.0 Å². The summed E-state index contributed by atoms with van der Waals surface area (Å²) in [7, 11) is 0. The average molecular weight is 246 g/mol. The summed E-state index contributed by atoms with van der Waals surface area (Å²) in [4.78, 5) is 2.34. The predicted octanol–water partition coefficient (Wildman–Crippen LogP) is 3.36. The molecule has 3 heteroatoms. The molecule has 0 aliphatic rings. The van der Waals surface area contributed by atoms with Gasteiger partial charge in [0.15, 0.2) is 0 Å². The van der Waals surface area contributed by atoms with Crippen molar-refractivity contribution in [3.05, 3.63) is 35.9 Å². The topological polar surface area (TPSA) is 3.24 Å². The molecule has 84 valence electrons. The fraction of sp³-hybridized carbons (Fsp3) is 0.500. The molecule has 0 radical (unpaired) electrons. The maximum absolute atomic E-state index is 5.77. The second-order valence-electron chi connectivity index (χ2n) is 3.49. The van der Waals surface area contributed by atoms with Gasteiger partial charge < -0.3 is 0 Å². The molecule has 15 heavy (non-hydrogen) atoms. The van der Waals surface area contributed by atoms with Gasteiger partial charge in [-0.15, -0.1) is 23.2 Å². The Morgan fingerprint density at radius 2 is 1.67 bits per heavy atom. The van der Waals surface area contributed by atoms with Crippen LogP contribution in [0.4, 0.5) is 0 Å². The number of benzene rings is 1. The highest BCUT2D eigenvalue weighted by molar-refractivity contribution is 6.18. The highest BCUT2D eigenvalue weighted by Crippen LogP contribution is 2.05. The highest BCUT2D eigenvalue weighted by atomic mass is 35.5. The lowest BCUT2D eigenvalue weighted by molar-refractivity contribution is 0.283. The molecule has 0 saturated heterocycles. The van der Waals surface area contributed by atoms with Crippen molar-refractivity contribution in [1.82, 2.24) is 4.90 Å². The number of hydrogen-bond donors (Lipinski definition) is 0. The molecule has 1 aromatic carbocycles. The minimum Gasteiger partial charge on any atom is -0.298 e. The zero-order valence-corrected chi connectivity index (χ0v) is 10.3. The van der Waals surface area contributed by atoms with Gasteiger partial charge in [-0.3, -0.25) is 4.90 Å². The summed E-state index contributed by atoms with van der Waals surface area (Å²) in [6.07, 6.45) is 1.02. The molecule has 1 nitrogen and oxygen atoms in total. The van der Waals surface area contributed by atoms with Crippen LogP contribution >= 0.6 is 23.2 Å². The number of halogens is 2. The van der Waals surface area contributed by atoms with Crippen LogP contribution < -0.4 is 0 Å². The van der Waals surface area contributed by atoms with Crippen molar-refractivity contribution in [2.24, 2.45) is 0 Å². The van der Waals surface area contributed by atoms with E-state index < -0.39 is 0 Å². The maximum atomic E-state index is 5.77. The molecule has 0 fully saturated rings. The normalized spacial score (nSPS) is 10.9. The third-order valence-corrected chi connectivity index (χ3v) is 2.69. The second kappa shape index (κ2) is 7.98. The number of alkyl halides is 2. The average Bonchev–Trinajstić information content (AvgIpc) is 2.28. The van der Waals surface area contributed by atoms with Gasteiger partial charge in [-0.1, -0.05) is 30.3 Å². The predicted molar refractivity (Wildman–Crippen MR) is 67.8 cm³/mol. The van der Waals surface area contributed by atoms with E-state index in [2.05, 4.69) is 29.2 Å². The lowest BCUT2D eigenvalue weighted by Gasteiger charge is -2.20. The van der Waals surface area contributed by atoms with E-state index in [1.54, 1.807) is 0 Å². The molecule has 0 aliphatic carbocycles. The molecule has 0 saturated carbocycles. The molecule has 0 bridgehead atoms. The quantitative estimate of drug-likeness (QED) is 0.667. The van der Waals surface area contributed by atoms with Crippen molar-refractivity contribution in [2.75, 3.05) is 24.8 Å². The number of nitrogens with zero attached hydrogens (tertiary/aromatic N) is 1. The molecule has 0 N–H and O–H groups in total. The Kier molecular flexibility index (Phi) is 6.82. The third kappa shape index (κ3) is 5.41. The summed E-state index contributed by atoms with van der Waals surface area (Å²) in [5, 5.41) is 0. The molecule has 1 rings (SSSR count). The smallest absolute Gasteiger partial charge is 0.0351 e. The van der Waals surface area contributed by atoms with Crippen molar-refractivity contribution < 1.29 is 0 Å². The molecular weight excluding hydrogens is 229 g/mol. The van der Waals surface area contributed by atoms with Crippen molar-refractivity contribution >= 4 is 23.2 Å². The van der Waals surface area contributed by atoms with E-state index in [4.69, 9.17) is 23.2 Å². The lowest BCUT2D eigenvalue weighted by Crippen LogP contribution is -2.26. The second-order valence-corrected chi connectivity index (χ2v) is 4.25. The zero-order chi connectivity index (χ0) is 10.9. The number of rotatable bonds is 7. The Morgan fingerprint density at radius 3 is 2.27 bits per heavy atom. The summed E-state index contributed by atoms with van der Waals surface area (Å²) < 4.78 is 0. The fourth-order valence-electron chi connectivity index (χ4n) is 1.51. The van der Waals surface area contributed by atoms with Crippen LogP contribution in [0.25, 0.3) is 0 Å². The molecule has 0 aliphatic heterocycles. The molecule has 1 aromatic rings. The summed E-state index contributed by atoms with van der Waals surface area (Å²) >= 11 is 11.5. The van der Waals surface area contributed by atoms with E-state index in [0.29, 0.717) is 11.8 Å². The van der Waals surface area contributed by atoms with Gasteiger partial charge in [0.1, 0.15) is 0 Å². The van der Waals surface area contributed by atoms with Gasteiger partial charge >= 0.3 is 0 Å². The Morgan fingerprint density at radius 1 is 0.933 bits per heavy atom. The number of hydrogen-bond acceptors (Lipinski definition) is 1. The molecular formula is C12H17Cl2N. The van der Waals surface area contributed by atoms with Crippen LogP contribution in [-0.4, -0.2) is 29.7 Å². The van der Waals surface area contributed by atoms with Crippen LogP contribution in [0.2, 0.25) is 0 Å². The third-order valence-electron chi connectivity index (χ3n) is 2.26. The van der Waals surface area contributed by atoms with Gasteiger partial charge in [0.05, 0.1) is 0 Å². The molecule has 0 heterocycles. The van der Waals surface area contributed by atoms with Gasteiger partial charge in [-0.25, -0.2) is 0 Å². The van der Waals surface area contributed by atoms with Crippen LogP contribution in [0.5, 0.6) is 0 Å². The maximum Gasteiger partial charge on any atom is 0.0351 e. The van der Waals surface area contributed by atoms with Gasteiger partial charge in [0, 0.05) is 24.8 Å². The largest absolute Gasteiger partial charge is 0.298 e. The molecule has 0 atom stereocenters. The van der Waals surface area contributed by atoms with E-state index in [0.717, 1.165) is 26.1 Å². The molecule has 0 unspecified atom stereocenters. The van der Waals surface area contributed by atoms with Crippen LogP contribution in [0.3, 0.4) is 0 Å². The Hall–Kier alpha value is -0.240. The van der Waals surface area contributed by atoms with E-state index in [1.165, 1.54) is 5.56 Å². The molecule has 0 spiro atoms. The Labute approximate surface area is 102 Å².